The zero-order valence-electron chi connectivity index (χ0n) is 13.2. The van der Waals surface area contributed by atoms with Gasteiger partial charge in [-0.05, 0) is 42.5 Å². The highest BCUT2D eigenvalue weighted by molar-refractivity contribution is 7.17. The first-order valence-corrected chi connectivity index (χ1v) is 8.98. The van der Waals surface area contributed by atoms with Crippen LogP contribution >= 0.6 is 11.3 Å². The number of rotatable bonds is 4. The van der Waals surface area contributed by atoms with Gasteiger partial charge < -0.3 is 13.9 Å². The fraction of sp³-hybridized carbons (Fsp3) is 0.389. The van der Waals surface area contributed by atoms with Gasteiger partial charge in [-0.15, -0.1) is 11.3 Å². The van der Waals surface area contributed by atoms with E-state index in [9.17, 15) is 4.79 Å². The topological polar surface area (TPSA) is 38.4 Å². The lowest BCUT2D eigenvalue weighted by atomic mass is 10.2. The molecule has 0 aliphatic heterocycles. The first-order valence-electron chi connectivity index (χ1n) is 8.10. The number of carbonyl (C=O) groups is 1. The van der Waals surface area contributed by atoms with Crippen LogP contribution in [0.15, 0.2) is 40.3 Å². The summed E-state index contributed by atoms with van der Waals surface area (Å²) in [6, 6.07) is 8.24. The van der Waals surface area contributed by atoms with E-state index >= 15 is 0 Å². The van der Waals surface area contributed by atoms with Crippen LogP contribution in [0, 0.1) is 0 Å². The van der Waals surface area contributed by atoms with Crippen LogP contribution in [0.4, 0.5) is 0 Å². The van der Waals surface area contributed by atoms with Gasteiger partial charge in [-0.1, -0.05) is 12.8 Å². The van der Waals surface area contributed by atoms with E-state index in [1.807, 2.05) is 34.7 Å². The molecule has 3 heterocycles. The highest BCUT2D eigenvalue weighted by Gasteiger charge is 2.30. The zero-order chi connectivity index (χ0) is 15.8. The van der Waals surface area contributed by atoms with Gasteiger partial charge in [0.05, 0.1) is 23.0 Å². The van der Waals surface area contributed by atoms with Crippen LogP contribution in [0.2, 0.25) is 0 Å². The van der Waals surface area contributed by atoms with Crippen molar-refractivity contribution in [3.8, 4) is 0 Å². The van der Waals surface area contributed by atoms with Crippen molar-refractivity contribution < 1.29 is 9.21 Å². The van der Waals surface area contributed by atoms with E-state index in [0.29, 0.717) is 12.6 Å². The second-order valence-electron chi connectivity index (χ2n) is 6.21. The van der Waals surface area contributed by atoms with Gasteiger partial charge >= 0.3 is 0 Å². The smallest absolute Gasteiger partial charge is 0.271 e. The number of amides is 1. The number of fused-ring (bicyclic) bond motifs is 1. The molecule has 0 N–H and O–H groups in total. The summed E-state index contributed by atoms with van der Waals surface area (Å²) in [6.07, 6.45) is 6.26. The predicted molar refractivity (Wildman–Crippen MR) is 91.6 cm³/mol. The van der Waals surface area contributed by atoms with Crippen molar-refractivity contribution in [2.24, 2.45) is 7.05 Å². The maximum Gasteiger partial charge on any atom is 0.271 e. The molecule has 1 saturated carbocycles. The second-order valence-corrected chi connectivity index (χ2v) is 7.16. The minimum absolute atomic E-state index is 0.110. The van der Waals surface area contributed by atoms with Crippen molar-refractivity contribution in [1.82, 2.24) is 9.47 Å². The van der Waals surface area contributed by atoms with Crippen LogP contribution < -0.4 is 0 Å². The van der Waals surface area contributed by atoms with Crippen molar-refractivity contribution in [2.75, 3.05) is 0 Å². The van der Waals surface area contributed by atoms with Crippen molar-refractivity contribution in [3.63, 3.8) is 0 Å². The molecule has 0 radical (unpaired) electrons. The standard InChI is InChI=1S/C18H20N2O2S/c1-19-15-8-10-23-17(15)11-16(19)18(21)20(13-5-2-3-6-13)12-14-7-4-9-22-14/h4,7-11,13H,2-3,5-6,12H2,1H3. The summed E-state index contributed by atoms with van der Waals surface area (Å²) in [5.41, 5.74) is 1.90. The molecule has 0 spiro atoms. The first kappa shape index (κ1) is 14.6. The summed E-state index contributed by atoms with van der Waals surface area (Å²) in [7, 11) is 1.97. The predicted octanol–water partition coefficient (Wildman–Crippen LogP) is 4.42. The van der Waals surface area contributed by atoms with Crippen LogP contribution in [0.25, 0.3) is 10.2 Å². The lowest BCUT2D eigenvalue weighted by molar-refractivity contribution is 0.0639. The lowest BCUT2D eigenvalue weighted by Crippen LogP contribution is -2.39. The van der Waals surface area contributed by atoms with Gasteiger partial charge in [-0.25, -0.2) is 0 Å². The second kappa shape index (κ2) is 5.89. The Hall–Kier alpha value is -2.01. The highest BCUT2D eigenvalue weighted by Crippen LogP contribution is 2.29. The monoisotopic (exact) mass is 328 g/mol. The van der Waals surface area contributed by atoms with Crippen LogP contribution in [0.3, 0.4) is 0 Å². The lowest BCUT2D eigenvalue weighted by Gasteiger charge is -2.28. The van der Waals surface area contributed by atoms with Crippen molar-refractivity contribution in [1.29, 1.82) is 0 Å². The summed E-state index contributed by atoms with van der Waals surface area (Å²) < 4.78 is 8.66. The molecule has 0 atom stereocenters. The van der Waals surface area contributed by atoms with Gasteiger partial charge in [0.2, 0.25) is 0 Å². The molecule has 1 aliphatic rings. The average Bonchev–Trinajstić information content (AvgIpc) is 3.32. The maximum absolute atomic E-state index is 13.2. The van der Waals surface area contributed by atoms with E-state index in [4.69, 9.17) is 4.42 Å². The fourth-order valence-corrected chi connectivity index (χ4v) is 4.40. The Kier molecular flexibility index (Phi) is 3.73. The molecule has 1 amide bonds. The van der Waals surface area contributed by atoms with Crippen LogP contribution in [0.1, 0.15) is 41.9 Å². The van der Waals surface area contributed by atoms with Gasteiger partial charge in [0, 0.05) is 13.1 Å². The van der Waals surface area contributed by atoms with Gasteiger partial charge in [0.1, 0.15) is 11.5 Å². The molecule has 4 nitrogen and oxygen atoms in total. The minimum atomic E-state index is 0.110. The van der Waals surface area contributed by atoms with Crippen molar-refractivity contribution in [3.05, 3.63) is 47.4 Å². The normalized spacial score (nSPS) is 15.5. The maximum atomic E-state index is 13.2. The summed E-state index contributed by atoms with van der Waals surface area (Å²) in [5, 5.41) is 2.07. The first-order chi connectivity index (χ1) is 11.2. The van der Waals surface area contributed by atoms with Gasteiger partial charge in [-0.2, -0.15) is 0 Å². The number of aryl methyl sites for hydroxylation is 1. The number of hydrogen-bond acceptors (Lipinski definition) is 3. The zero-order valence-corrected chi connectivity index (χ0v) is 14.0. The molecule has 120 valence electrons. The number of thiophene rings is 1. The third kappa shape index (κ3) is 2.59. The van der Waals surface area contributed by atoms with E-state index < -0.39 is 0 Å². The van der Waals surface area contributed by atoms with Gasteiger partial charge in [0.25, 0.3) is 5.91 Å². The SMILES string of the molecule is Cn1c(C(=O)N(Cc2ccco2)C2CCCC2)cc2sccc21. The number of hydrogen-bond donors (Lipinski definition) is 0. The van der Waals surface area contributed by atoms with Crippen LogP contribution in [0.5, 0.6) is 0 Å². The molecule has 5 heteroatoms. The molecule has 0 bridgehead atoms. The highest BCUT2D eigenvalue weighted by atomic mass is 32.1. The van der Waals surface area contributed by atoms with E-state index in [1.54, 1.807) is 17.6 Å². The Morgan fingerprint density at radius 3 is 2.91 bits per heavy atom. The molecule has 23 heavy (non-hydrogen) atoms. The molecule has 3 aromatic heterocycles. The summed E-state index contributed by atoms with van der Waals surface area (Å²) in [6.45, 7) is 0.551. The molecule has 1 aliphatic carbocycles. The Labute approximate surface area is 139 Å². The number of nitrogens with zero attached hydrogens (tertiary/aromatic N) is 2. The Bertz CT molecular complexity index is 809. The molecular formula is C18H20N2O2S. The van der Waals surface area contributed by atoms with Crippen LogP contribution in [-0.4, -0.2) is 21.4 Å². The molecule has 0 aromatic carbocycles. The molecule has 0 unspecified atom stereocenters. The third-order valence-electron chi connectivity index (χ3n) is 4.82. The summed E-state index contributed by atoms with van der Waals surface area (Å²) in [4.78, 5) is 15.2. The van der Waals surface area contributed by atoms with E-state index in [-0.39, 0.29) is 5.91 Å². The largest absolute Gasteiger partial charge is 0.467 e. The summed E-state index contributed by atoms with van der Waals surface area (Å²) in [5.74, 6) is 0.959. The van der Waals surface area contributed by atoms with Gasteiger partial charge in [-0.3, -0.25) is 4.79 Å². The Balaban J connectivity index is 1.68. The number of furan rings is 1. The average molecular weight is 328 g/mol. The molecular weight excluding hydrogens is 308 g/mol. The van der Waals surface area contributed by atoms with Crippen molar-refractivity contribution in [2.45, 2.75) is 38.3 Å². The molecule has 4 rings (SSSR count). The molecule has 0 saturated heterocycles. The van der Waals surface area contributed by atoms with Gasteiger partial charge in [0.15, 0.2) is 0 Å². The van der Waals surface area contributed by atoms with E-state index in [1.165, 1.54) is 17.5 Å². The quantitative estimate of drug-likeness (QED) is 0.711. The Morgan fingerprint density at radius 2 is 2.22 bits per heavy atom. The van der Waals surface area contributed by atoms with Crippen LogP contribution in [-0.2, 0) is 13.6 Å². The number of aromatic nitrogens is 1. The molecule has 3 aromatic rings. The molecule has 1 fully saturated rings. The fourth-order valence-electron chi connectivity index (χ4n) is 3.56. The summed E-state index contributed by atoms with van der Waals surface area (Å²) >= 11 is 1.68. The minimum Gasteiger partial charge on any atom is -0.467 e. The third-order valence-corrected chi connectivity index (χ3v) is 5.67. The van der Waals surface area contributed by atoms with E-state index in [0.717, 1.165) is 29.8 Å². The van der Waals surface area contributed by atoms with E-state index in [2.05, 4.69) is 11.4 Å². The van der Waals surface area contributed by atoms with Crippen molar-refractivity contribution >= 4 is 27.5 Å². The Morgan fingerprint density at radius 1 is 1.39 bits per heavy atom. The number of carbonyl (C=O) groups excluding carboxylic acids is 1.